The fourth-order valence-corrected chi connectivity index (χ4v) is 1.28. The van der Waals surface area contributed by atoms with Crippen molar-refractivity contribution in [1.82, 2.24) is 0 Å². The van der Waals surface area contributed by atoms with Crippen LogP contribution in [0.1, 0.15) is 6.42 Å². The van der Waals surface area contributed by atoms with Crippen molar-refractivity contribution in [1.29, 1.82) is 0 Å². The van der Waals surface area contributed by atoms with E-state index >= 15 is 0 Å². The van der Waals surface area contributed by atoms with Gasteiger partial charge in [0, 0.05) is 16.6 Å². The van der Waals surface area contributed by atoms with Crippen molar-refractivity contribution in [3.63, 3.8) is 0 Å². The van der Waals surface area contributed by atoms with E-state index in [-0.39, 0.29) is 0 Å². The maximum absolute atomic E-state index is 10.3. The first-order chi connectivity index (χ1) is 2.89. The molecule has 0 aliphatic carbocycles. The topological polar surface area (TPSA) is 17.1 Å². The highest BCUT2D eigenvalue weighted by molar-refractivity contribution is 7.88. The number of hydrogen-bond acceptors (Lipinski definition) is 1. The van der Waals surface area contributed by atoms with Crippen molar-refractivity contribution < 1.29 is 4.21 Å². The van der Waals surface area contributed by atoms with Gasteiger partial charge < -0.3 is 0 Å². The van der Waals surface area contributed by atoms with Gasteiger partial charge in [0.1, 0.15) is 0 Å². The first kappa shape index (κ1) is 4.06. The van der Waals surface area contributed by atoms with Crippen LogP contribution in [0.5, 0.6) is 0 Å². The molecule has 1 aliphatic heterocycles. The Bertz CT molecular complexity index is 95.7. The Morgan fingerprint density at radius 1 is 1.67 bits per heavy atom. The molecule has 0 amide bonds. The summed E-state index contributed by atoms with van der Waals surface area (Å²) in [6, 6.07) is 0. The van der Waals surface area contributed by atoms with E-state index in [1.807, 2.05) is 6.08 Å². The van der Waals surface area contributed by atoms with E-state index in [0.29, 0.717) is 0 Å². The molecule has 6 heavy (non-hydrogen) atoms. The average Bonchev–Trinajstić information content (AvgIpc) is 1.86. The standard InChI is InChI=1S/C4H6OS/c5-6-3-1-2-4-6/h1,3H,2,4H2/t6-/m0/s1. The van der Waals surface area contributed by atoms with E-state index in [2.05, 4.69) is 0 Å². The summed E-state index contributed by atoms with van der Waals surface area (Å²) in [4.78, 5) is 0. The normalized spacial score (nSPS) is 31.7. The zero-order valence-corrected chi connectivity index (χ0v) is 4.20. The predicted octanol–water partition coefficient (Wildman–Crippen LogP) is 0.652. The van der Waals surface area contributed by atoms with Crippen molar-refractivity contribution in [3.8, 4) is 0 Å². The van der Waals surface area contributed by atoms with E-state index in [9.17, 15) is 4.21 Å². The highest BCUT2D eigenvalue weighted by Gasteiger charge is 1.96. The number of allylic oxidation sites excluding steroid dienone is 1. The second-order valence-electron chi connectivity index (χ2n) is 1.25. The van der Waals surface area contributed by atoms with Crippen LogP contribution in [-0.4, -0.2) is 9.96 Å². The summed E-state index contributed by atoms with van der Waals surface area (Å²) in [6.45, 7) is 0. The molecule has 1 aliphatic rings. The minimum atomic E-state index is -0.603. The molecule has 0 aromatic carbocycles. The Kier molecular flexibility index (Phi) is 1.05. The van der Waals surface area contributed by atoms with Crippen molar-refractivity contribution in [2.75, 3.05) is 5.75 Å². The van der Waals surface area contributed by atoms with Gasteiger partial charge in [-0.1, -0.05) is 6.08 Å². The molecule has 1 nitrogen and oxygen atoms in total. The van der Waals surface area contributed by atoms with Crippen LogP contribution in [0.4, 0.5) is 0 Å². The molecule has 0 saturated heterocycles. The Labute approximate surface area is 39.5 Å². The third kappa shape index (κ3) is 0.684. The lowest BCUT2D eigenvalue weighted by molar-refractivity contribution is 0.689. The van der Waals surface area contributed by atoms with Gasteiger partial charge in [0.2, 0.25) is 0 Å². The van der Waals surface area contributed by atoms with Crippen LogP contribution in [0.25, 0.3) is 0 Å². The molecule has 0 aromatic heterocycles. The van der Waals surface area contributed by atoms with E-state index in [1.165, 1.54) is 0 Å². The maximum atomic E-state index is 10.3. The van der Waals surface area contributed by atoms with Gasteiger partial charge in [-0.2, -0.15) is 0 Å². The van der Waals surface area contributed by atoms with Gasteiger partial charge in [0.05, 0.1) is 0 Å². The van der Waals surface area contributed by atoms with Crippen molar-refractivity contribution in [2.45, 2.75) is 6.42 Å². The molecule has 0 aromatic rings. The molecule has 34 valence electrons. The molecular formula is C4H6OS. The van der Waals surface area contributed by atoms with Crippen LogP contribution in [0, 0.1) is 0 Å². The molecule has 0 unspecified atom stereocenters. The van der Waals surface area contributed by atoms with Crippen molar-refractivity contribution in [2.24, 2.45) is 0 Å². The van der Waals surface area contributed by atoms with E-state index in [1.54, 1.807) is 5.41 Å². The summed E-state index contributed by atoms with van der Waals surface area (Å²) >= 11 is 0. The number of rotatable bonds is 0. The smallest absolute Gasteiger partial charge is 0.0455 e. The van der Waals surface area contributed by atoms with Gasteiger partial charge in [-0.3, -0.25) is 4.21 Å². The fourth-order valence-electron chi connectivity index (χ4n) is 0.428. The van der Waals surface area contributed by atoms with Gasteiger partial charge in [-0.15, -0.1) is 0 Å². The minimum absolute atomic E-state index is 0.603. The second kappa shape index (κ2) is 1.56. The maximum Gasteiger partial charge on any atom is 0.0455 e. The largest absolute Gasteiger partial charge is 0.255 e. The predicted molar refractivity (Wildman–Crippen MR) is 26.8 cm³/mol. The Morgan fingerprint density at radius 3 is 2.67 bits per heavy atom. The van der Waals surface area contributed by atoms with E-state index in [4.69, 9.17) is 0 Å². The monoisotopic (exact) mass is 102 g/mol. The molecule has 0 bridgehead atoms. The molecule has 0 N–H and O–H groups in total. The van der Waals surface area contributed by atoms with Crippen molar-refractivity contribution >= 4 is 10.8 Å². The van der Waals surface area contributed by atoms with Gasteiger partial charge in [0.15, 0.2) is 0 Å². The van der Waals surface area contributed by atoms with Gasteiger partial charge >= 0.3 is 0 Å². The number of hydrogen-bond donors (Lipinski definition) is 0. The molecule has 2 heteroatoms. The fraction of sp³-hybridized carbons (Fsp3) is 0.500. The zero-order chi connectivity index (χ0) is 4.41. The molecule has 1 atom stereocenters. The Balaban J connectivity index is 2.59. The molecule has 0 fully saturated rings. The van der Waals surface area contributed by atoms with E-state index < -0.39 is 10.8 Å². The van der Waals surface area contributed by atoms with Crippen LogP contribution < -0.4 is 0 Å². The molecule has 1 rings (SSSR count). The highest BCUT2D eigenvalue weighted by Crippen LogP contribution is 1.99. The summed E-state index contributed by atoms with van der Waals surface area (Å²) in [7, 11) is -0.603. The van der Waals surface area contributed by atoms with Crippen LogP contribution in [-0.2, 0) is 10.8 Å². The third-order valence-electron chi connectivity index (χ3n) is 0.734. The molecule has 0 spiro atoms. The lowest BCUT2D eigenvalue weighted by Crippen LogP contribution is -1.80. The first-order valence-corrected chi connectivity index (χ1v) is 3.31. The third-order valence-corrected chi connectivity index (χ3v) is 1.87. The summed E-state index contributed by atoms with van der Waals surface area (Å²) < 4.78 is 10.3. The summed E-state index contributed by atoms with van der Waals surface area (Å²) in [5.41, 5.74) is 0. The van der Waals surface area contributed by atoms with Crippen LogP contribution in [0.3, 0.4) is 0 Å². The van der Waals surface area contributed by atoms with Gasteiger partial charge in [-0.25, -0.2) is 0 Å². The van der Waals surface area contributed by atoms with Crippen LogP contribution >= 0.6 is 0 Å². The Hall–Kier alpha value is -0.110. The second-order valence-corrected chi connectivity index (χ2v) is 2.69. The first-order valence-electron chi connectivity index (χ1n) is 1.93. The SMILES string of the molecule is O=[S@]1C=CCC1. The van der Waals surface area contributed by atoms with Crippen LogP contribution in [0.15, 0.2) is 11.5 Å². The Morgan fingerprint density at radius 2 is 2.50 bits per heavy atom. The van der Waals surface area contributed by atoms with Crippen molar-refractivity contribution in [3.05, 3.63) is 11.5 Å². The van der Waals surface area contributed by atoms with Crippen LogP contribution in [0.2, 0.25) is 0 Å². The zero-order valence-electron chi connectivity index (χ0n) is 3.39. The summed E-state index contributed by atoms with van der Waals surface area (Å²) in [5, 5.41) is 1.75. The van der Waals surface area contributed by atoms with Gasteiger partial charge in [0.25, 0.3) is 0 Å². The molecular weight excluding hydrogens is 96.1 g/mol. The molecule has 0 radical (unpaired) electrons. The lowest BCUT2D eigenvalue weighted by atomic mass is 10.5. The molecule has 1 heterocycles. The van der Waals surface area contributed by atoms with E-state index in [0.717, 1.165) is 12.2 Å². The summed E-state index contributed by atoms with van der Waals surface area (Å²) in [5.74, 6) is 0.847. The van der Waals surface area contributed by atoms with Gasteiger partial charge in [-0.05, 0) is 11.8 Å². The lowest BCUT2D eigenvalue weighted by Gasteiger charge is -1.73. The quantitative estimate of drug-likeness (QED) is 0.439. The minimum Gasteiger partial charge on any atom is -0.255 e. The summed E-state index contributed by atoms with van der Waals surface area (Å²) in [6.07, 6.45) is 2.96. The average molecular weight is 102 g/mol. The molecule has 0 saturated carbocycles. The highest BCUT2D eigenvalue weighted by atomic mass is 32.2.